The number of likely N-dealkylation sites (N-methyl/N-ethyl adjacent to an activating group) is 1. The summed E-state index contributed by atoms with van der Waals surface area (Å²) in [6.45, 7) is 2.82. The molecule has 1 aliphatic rings. The SMILES string of the molecule is CCN(Cc1nc2ccccc2c(=O)[nH]1)C(=O)C1(c2ccc(Br)cc2)CC1. The Labute approximate surface area is 165 Å². The topological polar surface area (TPSA) is 66.1 Å². The van der Waals surface area contributed by atoms with Gasteiger partial charge >= 0.3 is 0 Å². The van der Waals surface area contributed by atoms with Gasteiger partial charge in [0.1, 0.15) is 5.82 Å². The van der Waals surface area contributed by atoms with E-state index in [1.165, 1.54) is 0 Å². The van der Waals surface area contributed by atoms with Crippen LogP contribution in [0.15, 0.2) is 57.8 Å². The molecule has 6 heteroatoms. The molecule has 1 fully saturated rings. The lowest BCUT2D eigenvalue weighted by atomic mass is 9.94. The molecule has 3 aromatic rings. The number of H-pyrrole nitrogens is 1. The van der Waals surface area contributed by atoms with E-state index in [1.54, 1.807) is 11.0 Å². The Morgan fingerprint density at radius 1 is 1.19 bits per heavy atom. The molecule has 27 heavy (non-hydrogen) atoms. The van der Waals surface area contributed by atoms with Crippen molar-refractivity contribution in [2.75, 3.05) is 6.54 Å². The van der Waals surface area contributed by atoms with Crippen LogP contribution in [0.3, 0.4) is 0 Å². The summed E-state index contributed by atoms with van der Waals surface area (Å²) < 4.78 is 1.000. The number of carbonyl (C=O) groups excluding carboxylic acids is 1. The summed E-state index contributed by atoms with van der Waals surface area (Å²) in [5, 5.41) is 0.559. The number of nitrogens with zero attached hydrogens (tertiary/aromatic N) is 2. The second-order valence-corrected chi connectivity index (χ2v) is 7.85. The van der Waals surface area contributed by atoms with Crippen molar-refractivity contribution in [2.24, 2.45) is 0 Å². The van der Waals surface area contributed by atoms with Crippen molar-refractivity contribution in [3.05, 3.63) is 74.7 Å². The predicted octanol–water partition coefficient (Wildman–Crippen LogP) is 3.77. The van der Waals surface area contributed by atoms with Crippen LogP contribution in [-0.2, 0) is 16.8 Å². The zero-order chi connectivity index (χ0) is 19.0. The molecule has 0 aliphatic heterocycles. The molecule has 1 aromatic heterocycles. The summed E-state index contributed by atoms with van der Waals surface area (Å²) in [7, 11) is 0. The molecule has 0 spiro atoms. The summed E-state index contributed by atoms with van der Waals surface area (Å²) in [6.07, 6.45) is 1.71. The summed E-state index contributed by atoms with van der Waals surface area (Å²) in [5.41, 5.74) is 1.09. The molecule has 4 rings (SSSR count). The minimum absolute atomic E-state index is 0.100. The van der Waals surface area contributed by atoms with Gasteiger partial charge in [-0.1, -0.05) is 40.2 Å². The number of hydrogen-bond donors (Lipinski definition) is 1. The Balaban J connectivity index is 1.62. The van der Waals surface area contributed by atoms with E-state index >= 15 is 0 Å². The number of rotatable bonds is 5. The smallest absolute Gasteiger partial charge is 0.258 e. The molecule has 0 bridgehead atoms. The summed E-state index contributed by atoms with van der Waals surface area (Å²) in [5.74, 6) is 0.614. The zero-order valence-corrected chi connectivity index (χ0v) is 16.6. The van der Waals surface area contributed by atoms with Crippen LogP contribution in [-0.4, -0.2) is 27.3 Å². The second-order valence-electron chi connectivity index (χ2n) is 6.94. The first-order valence-corrected chi connectivity index (χ1v) is 9.86. The third-order valence-electron chi connectivity index (χ3n) is 5.23. The number of hydrogen-bond acceptors (Lipinski definition) is 3. The minimum Gasteiger partial charge on any atom is -0.335 e. The third kappa shape index (κ3) is 3.30. The number of nitrogens with one attached hydrogen (secondary N) is 1. The molecule has 1 aliphatic carbocycles. The average molecular weight is 426 g/mol. The van der Waals surface area contributed by atoms with Crippen molar-refractivity contribution in [2.45, 2.75) is 31.7 Å². The molecule has 138 valence electrons. The van der Waals surface area contributed by atoms with E-state index in [0.29, 0.717) is 29.8 Å². The lowest BCUT2D eigenvalue weighted by molar-refractivity contribution is -0.134. The van der Waals surface area contributed by atoms with Crippen molar-refractivity contribution in [1.29, 1.82) is 0 Å². The van der Waals surface area contributed by atoms with Gasteiger partial charge in [-0.05, 0) is 49.6 Å². The summed E-state index contributed by atoms with van der Waals surface area (Å²) in [4.78, 5) is 34.7. The van der Waals surface area contributed by atoms with Gasteiger partial charge in [-0.3, -0.25) is 9.59 Å². The number of aromatic amines is 1. The first-order chi connectivity index (χ1) is 13.0. The van der Waals surface area contributed by atoms with Crippen LogP contribution in [0.2, 0.25) is 0 Å². The van der Waals surface area contributed by atoms with Gasteiger partial charge in [-0.15, -0.1) is 0 Å². The standard InChI is InChI=1S/C21H20BrN3O2/c1-2-25(13-18-23-17-6-4-3-5-16(17)19(26)24-18)20(27)21(11-12-21)14-7-9-15(22)10-8-14/h3-10H,2,11-13H2,1H3,(H,23,24,26). The van der Waals surface area contributed by atoms with Gasteiger partial charge in [-0.25, -0.2) is 4.98 Å². The second kappa shape index (κ2) is 6.93. The van der Waals surface area contributed by atoms with Gasteiger partial charge in [0.05, 0.1) is 22.9 Å². The number of aromatic nitrogens is 2. The zero-order valence-electron chi connectivity index (χ0n) is 15.0. The Hall–Kier alpha value is -2.47. The van der Waals surface area contributed by atoms with Crippen LogP contribution < -0.4 is 5.56 Å². The first-order valence-electron chi connectivity index (χ1n) is 9.07. The Morgan fingerprint density at radius 2 is 1.89 bits per heavy atom. The molecule has 0 saturated heterocycles. The van der Waals surface area contributed by atoms with Gasteiger partial charge in [0.15, 0.2) is 0 Å². The fourth-order valence-electron chi connectivity index (χ4n) is 3.54. The van der Waals surface area contributed by atoms with E-state index in [1.807, 2.05) is 49.4 Å². The number of carbonyl (C=O) groups is 1. The van der Waals surface area contributed by atoms with Crippen molar-refractivity contribution in [1.82, 2.24) is 14.9 Å². The quantitative estimate of drug-likeness (QED) is 0.676. The monoisotopic (exact) mass is 425 g/mol. The molecule has 0 radical (unpaired) electrons. The summed E-state index contributed by atoms with van der Waals surface area (Å²) in [6, 6.07) is 15.2. The average Bonchev–Trinajstić information content (AvgIpc) is 3.48. The molecule has 1 N–H and O–H groups in total. The number of amides is 1. The van der Waals surface area contributed by atoms with E-state index in [4.69, 9.17) is 0 Å². The van der Waals surface area contributed by atoms with Crippen LogP contribution in [0.1, 0.15) is 31.2 Å². The van der Waals surface area contributed by atoms with Gasteiger partial charge in [0.25, 0.3) is 5.56 Å². The fraction of sp³-hybridized carbons (Fsp3) is 0.286. The van der Waals surface area contributed by atoms with Crippen molar-refractivity contribution >= 4 is 32.7 Å². The maximum atomic E-state index is 13.3. The normalized spacial score (nSPS) is 14.9. The highest BCUT2D eigenvalue weighted by Gasteiger charge is 2.52. The van der Waals surface area contributed by atoms with Crippen molar-refractivity contribution < 1.29 is 4.79 Å². The van der Waals surface area contributed by atoms with Crippen LogP contribution in [0.25, 0.3) is 10.9 Å². The highest BCUT2D eigenvalue weighted by molar-refractivity contribution is 9.10. The molecular formula is C21H20BrN3O2. The van der Waals surface area contributed by atoms with Gasteiger partial charge in [0, 0.05) is 11.0 Å². The van der Waals surface area contributed by atoms with Crippen molar-refractivity contribution in [3.63, 3.8) is 0 Å². The van der Waals surface area contributed by atoms with Gasteiger partial charge < -0.3 is 9.88 Å². The molecule has 1 saturated carbocycles. The van der Waals surface area contributed by atoms with Gasteiger partial charge in [0.2, 0.25) is 5.91 Å². The van der Waals surface area contributed by atoms with E-state index < -0.39 is 5.41 Å². The van der Waals surface area contributed by atoms with E-state index in [2.05, 4.69) is 25.9 Å². The minimum atomic E-state index is -0.437. The molecule has 2 aromatic carbocycles. The molecule has 0 unspecified atom stereocenters. The highest BCUT2D eigenvalue weighted by Crippen LogP contribution is 2.49. The summed E-state index contributed by atoms with van der Waals surface area (Å²) >= 11 is 3.45. The molecule has 1 amide bonds. The van der Waals surface area contributed by atoms with Crippen LogP contribution in [0.5, 0.6) is 0 Å². The maximum Gasteiger partial charge on any atom is 0.258 e. The first kappa shape index (κ1) is 17.9. The number of fused-ring (bicyclic) bond motifs is 1. The third-order valence-corrected chi connectivity index (χ3v) is 5.76. The largest absolute Gasteiger partial charge is 0.335 e. The van der Waals surface area contributed by atoms with E-state index in [0.717, 1.165) is 22.9 Å². The lowest BCUT2D eigenvalue weighted by Crippen LogP contribution is -2.39. The Bertz CT molecular complexity index is 1050. The number of benzene rings is 2. The lowest BCUT2D eigenvalue weighted by Gasteiger charge is -2.26. The molecule has 0 atom stereocenters. The van der Waals surface area contributed by atoms with Crippen LogP contribution >= 0.6 is 15.9 Å². The van der Waals surface area contributed by atoms with Crippen LogP contribution in [0, 0.1) is 0 Å². The van der Waals surface area contributed by atoms with Crippen LogP contribution in [0.4, 0.5) is 0 Å². The van der Waals surface area contributed by atoms with E-state index in [-0.39, 0.29) is 11.5 Å². The molecule has 1 heterocycles. The number of para-hydroxylation sites is 1. The fourth-order valence-corrected chi connectivity index (χ4v) is 3.80. The van der Waals surface area contributed by atoms with Gasteiger partial charge in [-0.2, -0.15) is 0 Å². The highest BCUT2D eigenvalue weighted by atomic mass is 79.9. The maximum absolute atomic E-state index is 13.3. The molecule has 5 nitrogen and oxygen atoms in total. The van der Waals surface area contributed by atoms with Crippen molar-refractivity contribution in [3.8, 4) is 0 Å². The number of halogens is 1. The predicted molar refractivity (Wildman–Crippen MR) is 109 cm³/mol. The Morgan fingerprint density at radius 3 is 2.56 bits per heavy atom. The Kier molecular flexibility index (Phi) is 4.60. The molecular weight excluding hydrogens is 406 g/mol. The van der Waals surface area contributed by atoms with E-state index in [9.17, 15) is 9.59 Å².